The maximum absolute atomic E-state index is 2.58. The third-order valence-corrected chi connectivity index (χ3v) is 24.0. The first kappa shape index (κ1) is 62.9. The van der Waals surface area contributed by atoms with Gasteiger partial charge < -0.3 is 0 Å². The number of hydrogen-bond acceptors (Lipinski definition) is 0. The summed E-state index contributed by atoms with van der Waals surface area (Å²) in [6.07, 6.45) is 46.8. The van der Waals surface area contributed by atoms with E-state index in [9.17, 15) is 0 Å². The molecule has 0 saturated carbocycles. The lowest BCUT2D eigenvalue weighted by molar-refractivity contribution is -0.673. The lowest BCUT2D eigenvalue weighted by Gasteiger charge is -2.19. The van der Waals surface area contributed by atoms with Crippen molar-refractivity contribution in [1.82, 2.24) is 0 Å². The summed E-state index contributed by atoms with van der Waals surface area (Å²) >= 11 is 0. The molecule has 98 heavy (non-hydrogen) atoms. The van der Waals surface area contributed by atoms with Crippen LogP contribution in [0.25, 0.3) is 88.1 Å². The summed E-state index contributed by atoms with van der Waals surface area (Å²) in [6, 6.07) is 58.9. The molecule has 0 saturated heterocycles. The van der Waals surface area contributed by atoms with E-state index < -0.39 is 0 Å². The highest BCUT2D eigenvalue weighted by molar-refractivity contribution is 5.94. The van der Waals surface area contributed by atoms with E-state index in [1.807, 2.05) is 0 Å². The number of aryl methyl sites for hydroxylation is 4. The van der Waals surface area contributed by atoms with Crippen molar-refractivity contribution < 1.29 is 18.3 Å². The summed E-state index contributed by atoms with van der Waals surface area (Å²) in [4.78, 5) is 0. The van der Waals surface area contributed by atoms with Crippen molar-refractivity contribution in [2.24, 2.45) is 0 Å². The fourth-order valence-corrected chi connectivity index (χ4v) is 19.2. The Morgan fingerprint density at radius 2 is 0.622 bits per heavy atom. The van der Waals surface area contributed by atoms with Crippen LogP contribution in [0.2, 0.25) is 0 Å². The van der Waals surface area contributed by atoms with Crippen LogP contribution in [0.3, 0.4) is 0 Å². The number of hydrogen-bond donors (Lipinski definition) is 0. The molecule has 8 heterocycles. The highest BCUT2D eigenvalue weighted by Crippen LogP contribution is 2.43. The molecule has 0 fully saturated rings. The predicted molar refractivity (Wildman–Crippen MR) is 406 cm³/mol. The smallest absolute Gasteiger partial charge is 0.194 e. The minimum atomic E-state index is 1.03. The summed E-state index contributed by atoms with van der Waals surface area (Å²) in [5.74, 6) is 0. The molecule has 4 aliphatic heterocycles. The van der Waals surface area contributed by atoms with Gasteiger partial charge in [-0.2, -0.15) is 18.3 Å². The first-order chi connectivity index (χ1) is 48.5. The van der Waals surface area contributed by atoms with Crippen molar-refractivity contribution >= 4 is 43.1 Å². The zero-order valence-electron chi connectivity index (χ0n) is 58.7. The van der Waals surface area contributed by atoms with Crippen molar-refractivity contribution in [2.75, 3.05) is 0 Å². The molecular formula is C94H100N4+4. The van der Waals surface area contributed by atoms with E-state index in [-0.39, 0.29) is 0 Å². The molecule has 4 aliphatic carbocycles. The minimum Gasteiger partial charge on any atom is -0.194 e. The summed E-state index contributed by atoms with van der Waals surface area (Å²) in [5.41, 5.74) is 34.4. The van der Waals surface area contributed by atoms with E-state index >= 15 is 0 Å². The molecule has 12 aromatic rings. The van der Waals surface area contributed by atoms with Gasteiger partial charge in [0.05, 0.1) is 22.3 Å². The molecule has 0 radical (unpaired) electrons. The van der Waals surface area contributed by atoms with Crippen LogP contribution in [-0.2, 0) is 90.4 Å². The fraction of sp³-hybridized carbons (Fsp3) is 0.362. The standard InChI is InChI=1S/C28H34N.C26H30N.2C20H18N/c1-2-3-4-5-6-7-14-23-19-29-20-24-17-21-12-8-9-13-22(21)18-27(24)28(29)26-16-11-10-15-25(23)26;1-2-3-4-5-11-20-17-27-18-25-21-12-7-6-10-19(21)15-16-24(25)26(27)23-14-9-8-13-22(20)23;1-3-7-16-14(5-1)9-10-18-19(16)13-21-12-11-15-6-2-4-8-17(15)20(18)21;1-2-7-16-12-19-17(11-15(16)6-1)13-21-10-9-14-5-3-4-8-18(14)20(19)21/h8-9,12-13,17-19H,2-7,10-11,14-16,20H2,1H3;6-7,10,12,15-17H,2-5,8-9,11,13-14,18H2,1H3;1,3,5,7,9-12H,2,4,6,8,13H2;1-2,6-7,9-12H,3-5,8,13H2/q4*+1. The number of pyridine rings is 4. The first-order valence-corrected chi connectivity index (χ1v) is 38.8. The maximum Gasteiger partial charge on any atom is 0.216 e. The monoisotopic (exact) mass is 1280 g/mol. The van der Waals surface area contributed by atoms with Gasteiger partial charge in [-0.05, 0) is 230 Å². The molecule has 8 aromatic carbocycles. The summed E-state index contributed by atoms with van der Waals surface area (Å²) in [6.45, 7) is 8.75. The zero-order chi connectivity index (χ0) is 65.5. The molecular weight excluding hydrogens is 1190 g/mol. The van der Waals surface area contributed by atoms with Gasteiger partial charge in [0.1, 0.15) is 0 Å². The van der Waals surface area contributed by atoms with Crippen LogP contribution in [0.15, 0.2) is 183 Å². The maximum atomic E-state index is 2.58. The number of nitrogens with zero attached hydrogens (tertiary/aromatic N) is 4. The molecule has 4 nitrogen and oxygen atoms in total. The first-order valence-electron chi connectivity index (χ1n) is 38.8. The molecule has 4 heteroatoms. The minimum absolute atomic E-state index is 1.03. The third kappa shape index (κ3) is 12.0. The molecule has 0 bridgehead atoms. The molecule has 0 atom stereocenters. The van der Waals surface area contributed by atoms with Gasteiger partial charge in [-0.15, -0.1) is 0 Å². The van der Waals surface area contributed by atoms with Gasteiger partial charge in [-0.25, -0.2) is 0 Å². The quantitative estimate of drug-likeness (QED) is 0.0856. The van der Waals surface area contributed by atoms with Crippen LogP contribution in [0, 0.1) is 0 Å². The molecule has 0 spiro atoms. The van der Waals surface area contributed by atoms with Gasteiger partial charge in [0.15, 0.2) is 51.0 Å². The van der Waals surface area contributed by atoms with Gasteiger partial charge in [0.25, 0.3) is 0 Å². The number of benzene rings is 8. The molecule has 8 aliphatic rings. The summed E-state index contributed by atoms with van der Waals surface area (Å²) < 4.78 is 10.1. The second-order valence-corrected chi connectivity index (χ2v) is 30.3. The van der Waals surface area contributed by atoms with Gasteiger partial charge in [-0.1, -0.05) is 174 Å². The Labute approximate surface area is 583 Å². The van der Waals surface area contributed by atoms with Crippen LogP contribution in [0.1, 0.15) is 207 Å². The van der Waals surface area contributed by atoms with E-state index in [0.717, 1.165) is 26.2 Å². The van der Waals surface area contributed by atoms with Crippen LogP contribution >= 0.6 is 0 Å². The van der Waals surface area contributed by atoms with Crippen LogP contribution < -0.4 is 18.3 Å². The molecule has 20 rings (SSSR count). The van der Waals surface area contributed by atoms with Gasteiger partial charge in [0.2, 0.25) is 22.8 Å². The van der Waals surface area contributed by atoms with Gasteiger partial charge >= 0.3 is 0 Å². The Morgan fingerprint density at radius 1 is 0.265 bits per heavy atom. The van der Waals surface area contributed by atoms with Crippen molar-refractivity contribution in [3.8, 4) is 45.0 Å². The van der Waals surface area contributed by atoms with Crippen molar-refractivity contribution in [1.29, 1.82) is 0 Å². The Kier molecular flexibility index (Phi) is 17.9. The second-order valence-electron chi connectivity index (χ2n) is 30.3. The number of fused-ring (bicyclic) bond motifs is 26. The molecule has 492 valence electrons. The zero-order valence-corrected chi connectivity index (χ0v) is 58.7. The number of aromatic nitrogens is 4. The number of rotatable bonds is 12. The normalized spacial score (nSPS) is 15.1. The summed E-state index contributed by atoms with van der Waals surface area (Å²) in [7, 11) is 0. The largest absolute Gasteiger partial charge is 0.216 e. The molecule has 0 unspecified atom stereocenters. The number of unbranched alkanes of at least 4 members (excludes halogenated alkanes) is 8. The van der Waals surface area contributed by atoms with Crippen molar-refractivity contribution in [3.05, 3.63) is 260 Å². The lowest BCUT2D eigenvalue weighted by atomic mass is 9.85. The molecule has 0 N–H and O–H groups in total. The molecule has 0 amide bonds. The van der Waals surface area contributed by atoms with E-state index in [2.05, 4.69) is 215 Å². The van der Waals surface area contributed by atoms with Crippen LogP contribution in [0.5, 0.6) is 0 Å². The second kappa shape index (κ2) is 28.0. The highest BCUT2D eigenvalue weighted by Gasteiger charge is 2.38. The summed E-state index contributed by atoms with van der Waals surface area (Å²) in [5, 5.41) is 11.1. The van der Waals surface area contributed by atoms with E-state index in [1.54, 1.807) is 55.6 Å². The van der Waals surface area contributed by atoms with Crippen molar-refractivity contribution in [3.63, 3.8) is 0 Å². The third-order valence-electron chi connectivity index (χ3n) is 24.0. The average Bonchev–Trinajstić information content (AvgIpc) is 1.60. The van der Waals surface area contributed by atoms with E-state index in [0.29, 0.717) is 0 Å². The topological polar surface area (TPSA) is 15.5 Å². The fourth-order valence-electron chi connectivity index (χ4n) is 19.2. The van der Waals surface area contributed by atoms with E-state index in [4.69, 9.17) is 0 Å². The SMILES string of the molecule is CCCCCCCCc1c[n+]2c(c3c1CCCC3)-c1cc3ccccc3cc1C2.CCCCCCc1c[n+]2c(c3c1CCCC3)-c1ccc3ccccc3c1C2.c1ccc2c3c(ccc2c1)-c1c2c(cc[n+]1C3)CCCC2.c1ccc2cc3c(cc2c1)C[n+]1ccc2c(c1-3)CCCC2. The Hall–Kier alpha value is -8.60. The van der Waals surface area contributed by atoms with Gasteiger partial charge in [0, 0.05) is 67.8 Å². The lowest BCUT2D eigenvalue weighted by Crippen LogP contribution is -2.35. The molecule has 4 aromatic heterocycles. The average molecular weight is 1290 g/mol. The van der Waals surface area contributed by atoms with Crippen LogP contribution in [0.4, 0.5) is 0 Å². The van der Waals surface area contributed by atoms with Gasteiger partial charge in [-0.3, -0.25) is 0 Å². The Bertz CT molecular complexity index is 5010. The predicted octanol–water partition coefficient (Wildman–Crippen LogP) is 21.2. The highest BCUT2D eigenvalue weighted by atomic mass is 15.0. The Morgan fingerprint density at radius 3 is 1.13 bits per heavy atom. The van der Waals surface area contributed by atoms with Crippen LogP contribution in [-0.4, -0.2) is 0 Å². The van der Waals surface area contributed by atoms with Crippen molar-refractivity contribution in [2.45, 2.75) is 220 Å². The van der Waals surface area contributed by atoms with E-state index in [1.165, 1.54) is 290 Å². The Balaban J connectivity index is 0.0000000991.